The normalized spacial score (nSPS) is 20.3. The topological polar surface area (TPSA) is 101 Å². The number of H-pyrrole nitrogens is 1. The number of hydrogen-bond acceptors (Lipinski definition) is 5. The van der Waals surface area contributed by atoms with Crippen molar-refractivity contribution >= 4 is 11.7 Å². The first kappa shape index (κ1) is 16.8. The number of hydrogen-bond donors (Lipinski definition) is 1. The van der Waals surface area contributed by atoms with Crippen molar-refractivity contribution in [3.05, 3.63) is 39.5 Å². The molecule has 3 heterocycles. The third kappa shape index (κ3) is 2.69. The van der Waals surface area contributed by atoms with Crippen molar-refractivity contribution in [1.82, 2.24) is 19.7 Å². The molecule has 1 N–H and O–H groups in total. The van der Waals surface area contributed by atoms with Crippen LogP contribution >= 0.6 is 0 Å². The highest BCUT2D eigenvalue weighted by molar-refractivity contribution is 6.09. The molecule has 0 radical (unpaired) electrons. The third-order valence-corrected chi connectivity index (χ3v) is 5.36. The Morgan fingerprint density at radius 3 is 3.00 bits per heavy atom. The summed E-state index contributed by atoms with van der Waals surface area (Å²) in [4.78, 5) is 38.9. The molecule has 8 heteroatoms. The van der Waals surface area contributed by atoms with Gasteiger partial charge in [-0.2, -0.15) is 5.10 Å². The quantitative estimate of drug-likeness (QED) is 0.900. The molecule has 8 nitrogen and oxygen atoms in total. The summed E-state index contributed by atoms with van der Waals surface area (Å²) in [5.41, 5.74) is 0.620. The first-order valence-electron chi connectivity index (χ1n) is 9.18. The van der Waals surface area contributed by atoms with Crippen LogP contribution in [0.25, 0.3) is 0 Å². The molecule has 2 aliphatic rings. The average Bonchev–Trinajstić information content (AvgIpc) is 3.25. The fourth-order valence-electron chi connectivity index (χ4n) is 4.07. The summed E-state index contributed by atoms with van der Waals surface area (Å²) in [7, 11) is 0. The smallest absolute Gasteiger partial charge is 0.343 e. The molecule has 1 fully saturated rings. The van der Waals surface area contributed by atoms with Crippen molar-refractivity contribution in [1.29, 1.82) is 0 Å². The third-order valence-electron chi connectivity index (χ3n) is 5.36. The molecular formula is C18H22N4O4. The fraction of sp³-hybridized carbons (Fsp3) is 0.556. The molecule has 1 unspecified atom stereocenters. The van der Waals surface area contributed by atoms with Gasteiger partial charge in [-0.1, -0.05) is 0 Å². The SMILES string of the molecule is CCn1c(C2CCCN(C(=O)c3coc4c3C(=O)CCC4)C2)n[nH]c1=O. The number of ketones is 1. The lowest BCUT2D eigenvalue weighted by molar-refractivity contribution is 0.0698. The molecule has 1 amide bonds. The number of aryl methyl sites for hydroxylation is 1. The van der Waals surface area contributed by atoms with E-state index in [-0.39, 0.29) is 23.3 Å². The summed E-state index contributed by atoms with van der Waals surface area (Å²) in [5.74, 6) is 1.15. The maximum absolute atomic E-state index is 13.0. The monoisotopic (exact) mass is 358 g/mol. The van der Waals surface area contributed by atoms with Crippen LogP contribution in [0.3, 0.4) is 0 Å². The van der Waals surface area contributed by atoms with Crippen molar-refractivity contribution in [3.63, 3.8) is 0 Å². The van der Waals surface area contributed by atoms with Gasteiger partial charge < -0.3 is 9.32 Å². The van der Waals surface area contributed by atoms with E-state index in [1.54, 1.807) is 9.47 Å². The zero-order chi connectivity index (χ0) is 18.3. The predicted molar refractivity (Wildman–Crippen MR) is 92.4 cm³/mol. The number of carbonyl (C=O) groups is 2. The summed E-state index contributed by atoms with van der Waals surface area (Å²) in [6.07, 6.45) is 5.06. The van der Waals surface area contributed by atoms with Crippen LogP contribution in [0.1, 0.15) is 70.8 Å². The van der Waals surface area contributed by atoms with E-state index in [1.807, 2.05) is 6.92 Å². The molecule has 1 aliphatic heterocycles. The zero-order valence-electron chi connectivity index (χ0n) is 14.8. The lowest BCUT2D eigenvalue weighted by atomic mass is 9.92. The Morgan fingerprint density at radius 1 is 1.35 bits per heavy atom. The standard InChI is InChI=1S/C18H22N4O4/c1-2-22-16(19-20-18(22)25)11-5-4-8-21(9-11)17(24)12-10-26-14-7-3-6-13(23)15(12)14/h10-11H,2-9H2,1H3,(H,20,25). The number of nitrogens with one attached hydrogen (secondary N) is 1. The molecule has 1 aliphatic carbocycles. The van der Waals surface area contributed by atoms with Crippen molar-refractivity contribution < 1.29 is 14.0 Å². The summed E-state index contributed by atoms with van der Waals surface area (Å²) in [5, 5.41) is 6.66. The molecule has 0 spiro atoms. The van der Waals surface area contributed by atoms with Gasteiger partial charge in [-0.25, -0.2) is 9.89 Å². The van der Waals surface area contributed by atoms with E-state index in [1.165, 1.54) is 6.26 Å². The highest BCUT2D eigenvalue weighted by atomic mass is 16.3. The van der Waals surface area contributed by atoms with Gasteiger partial charge in [-0.3, -0.25) is 14.2 Å². The molecule has 2 aromatic rings. The minimum absolute atomic E-state index is 0.00466. The van der Waals surface area contributed by atoms with Crippen LogP contribution in [-0.4, -0.2) is 44.4 Å². The largest absolute Gasteiger partial charge is 0.468 e. The van der Waals surface area contributed by atoms with E-state index < -0.39 is 0 Å². The highest BCUT2D eigenvalue weighted by Crippen LogP contribution is 2.30. The Bertz CT molecular complexity index is 907. The summed E-state index contributed by atoms with van der Waals surface area (Å²) < 4.78 is 7.10. The van der Waals surface area contributed by atoms with Gasteiger partial charge in [0.05, 0.1) is 11.1 Å². The predicted octanol–water partition coefficient (Wildman–Crippen LogP) is 1.72. The van der Waals surface area contributed by atoms with E-state index in [4.69, 9.17) is 4.42 Å². The van der Waals surface area contributed by atoms with Crippen LogP contribution < -0.4 is 5.69 Å². The minimum Gasteiger partial charge on any atom is -0.468 e. The van der Waals surface area contributed by atoms with Gasteiger partial charge in [0.15, 0.2) is 5.78 Å². The van der Waals surface area contributed by atoms with Crippen LogP contribution in [0.4, 0.5) is 0 Å². The first-order chi connectivity index (χ1) is 12.6. The maximum atomic E-state index is 13.0. The number of Topliss-reactive ketones (excluding diaryl/α,β-unsaturated/α-hetero) is 1. The highest BCUT2D eigenvalue weighted by Gasteiger charge is 2.33. The second-order valence-corrected chi connectivity index (χ2v) is 6.95. The van der Waals surface area contributed by atoms with Crippen LogP contribution in [0.15, 0.2) is 15.5 Å². The van der Waals surface area contributed by atoms with Crippen LogP contribution in [0.5, 0.6) is 0 Å². The van der Waals surface area contributed by atoms with Gasteiger partial charge in [0.1, 0.15) is 17.8 Å². The fourth-order valence-corrected chi connectivity index (χ4v) is 4.07. The van der Waals surface area contributed by atoms with Crippen molar-refractivity contribution in [2.45, 2.75) is 51.5 Å². The number of rotatable bonds is 3. The van der Waals surface area contributed by atoms with E-state index in [0.29, 0.717) is 55.2 Å². The Balaban J connectivity index is 1.59. The van der Waals surface area contributed by atoms with Crippen molar-refractivity contribution in [2.24, 2.45) is 0 Å². The number of aromatic amines is 1. The molecule has 4 rings (SSSR count). The molecule has 0 saturated carbocycles. The molecule has 1 atom stereocenters. The Morgan fingerprint density at radius 2 is 2.19 bits per heavy atom. The average molecular weight is 358 g/mol. The number of fused-ring (bicyclic) bond motifs is 1. The second-order valence-electron chi connectivity index (χ2n) is 6.95. The Kier molecular flexibility index (Phi) is 4.26. The molecule has 0 aromatic carbocycles. The van der Waals surface area contributed by atoms with E-state index in [9.17, 15) is 14.4 Å². The van der Waals surface area contributed by atoms with E-state index >= 15 is 0 Å². The molecular weight excluding hydrogens is 336 g/mol. The van der Waals surface area contributed by atoms with Gasteiger partial charge in [-0.15, -0.1) is 0 Å². The van der Waals surface area contributed by atoms with Crippen molar-refractivity contribution in [2.75, 3.05) is 13.1 Å². The van der Waals surface area contributed by atoms with Crippen LogP contribution in [0, 0.1) is 0 Å². The van der Waals surface area contributed by atoms with Gasteiger partial charge in [0.25, 0.3) is 5.91 Å². The van der Waals surface area contributed by atoms with Gasteiger partial charge in [0, 0.05) is 38.4 Å². The summed E-state index contributed by atoms with van der Waals surface area (Å²) in [6.45, 7) is 3.55. The van der Waals surface area contributed by atoms with Gasteiger partial charge >= 0.3 is 5.69 Å². The maximum Gasteiger partial charge on any atom is 0.343 e. The number of amides is 1. The number of furan rings is 1. The molecule has 138 valence electrons. The number of aromatic nitrogens is 3. The lowest BCUT2D eigenvalue weighted by Crippen LogP contribution is -2.40. The van der Waals surface area contributed by atoms with E-state index in [2.05, 4.69) is 10.2 Å². The number of likely N-dealkylation sites (tertiary alicyclic amines) is 1. The molecule has 1 saturated heterocycles. The number of nitrogens with zero attached hydrogens (tertiary/aromatic N) is 3. The summed E-state index contributed by atoms with van der Waals surface area (Å²) >= 11 is 0. The van der Waals surface area contributed by atoms with Crippen LogP contribution in [-0.2, 0) is 13.0 Å². The summed E-state index contributed by atoms with van der Waals surface area (Å²) in [6, 6.07) is 0. The Hall–Kier alpha value is -2.64. The number of piperidine rings is 1. The number of carbonyl (C=O) groups excluding carboxylic acids is 2. The van der Waals surface area contributed by atoms with Crippen LogP contribution in [0.2, 0.25) is 0 Å². The van der Waals surface area contributed by atoms with Crippen molar-refractivity contribution in [3.8, 4) is 0 Å². The first-order valence-corrected chi connectivity index (χ1v) is 9.18. The minimum atomic E-state index is -0.222. The zero-order valence-corrected chi connectivity index (χ0v) is 14.8. The lowest BCUT2D eigenvalue weighted by Gasteiger charge is -2.32. The second kappa shape index (κ2) is 6.59. The van der Waals surface area contributed by atoms with E-state index in [0.717, 1.165) is 19.3 Å². The van der Waals surface area contributed by atoms with Gasteiger partial charge in [-0.05, 0) is 26.2 Å². The Labute approximate surface area is 150 Å². The molecule has 2 aromatic heterocycles. The molecule has 26 heavy (non-hydrogen) atoms. The van der Waals surface area contributed by atoms with Gasteiger partial charge in [0.2, 0.25) is 0 Å². The molecule has 0 bridgehead atoms.